The van der Waals surface area contributed by atoms with E-state index in [9.17, 15) is 5.11 Å². The summed E-state index contributed by atoms with van der Waals surface area (Å²) in [5.74, 6) is 0. The molecule has 1 unspecified atom stereocenters. The summed E-state index contributed by atoms with van der Waals surface area (Å²) >= 11 is 0. The van der Waals surface area contributed by atoms with Crippen LogP contribution in [0.2, 0.25) is 0 Å². The Morgan fingerprint density at radius 3 is 2.35 bits per heavy atom. The Morgan fingerprint density at radius 2 is 1.65 bits per heavy atom. The first-order chi connectivity index (χ1) is 9.84. The maximum absolute atomic E-state index is 9.80. The van der Waals surface area contributed by atoms with E-state index < -0.39 is 6.10 Å². The van der Waals surface area contributed by atoms with Gasteiger partial charge in [0.15, 0.2) is 0 Å². The second-order valence-electron chi connectivity index (χ2n) is 4.31. The SMILES string of the molecule is OC(C=CC=Nc1ccccc1)CNc1ccccc1. The summed E-state index contributed by atoms with van der Waals surface area (Å²) in [6.07, 6.45) is 4.60. The summed E-state index contributed by atoms with van der Waals surface area (Å²) in [6, 6.07) is 19.5. The monoisotopic (exact) mass is 266 g/mol. The van der Waals surface area contributed by atoms with Crippen LogP contribution in [0.15, 0.2) is 77.8 Å². The molecule has 3 heteroatoms. The molecule has 1 atom stereocenters. The van der Waals surface area contributed by atoms with Crippen LogP contribution in [0.4, 0.5) is 11.4 Å². The van der Waals surface area contributed by atoms with Gasteiger partial charge in [-0.3, -0.25) is 4.99 Å². The number of rotatable bonds is 6. The summed E-state index contributed by atoms with van der Waals surface area (Å²) in [7, 11) is 0. The minimum atomic E-state index is -0.544. The number of hydrogen-bond donors (Lipinski definition) is 2. The predicted molar refractivity (Wildman–Crippen MR) is 84.7 cm³/mol. The molecule has 0 spiro atoms. The number of allylic oxidation sites excluding steroid dienone is 1. The number of nitrogens with one attached hydrogen (secondary N) is 1. The third-order valence-electron chi connectivity index (χ3n) is 2.69. The molecule has 2 aromatic rings. The number of aliphatic imine (C=N–C) groups is 1. The fourth-order valence-corrected chi connectivity index (χ4v) is 1.67. The summed E-state index contributed by atoms with van der Waals surface area (Å²) in [5, 5.41) is 13.0. The summed E-state index contributed by atoms with van der Waals surface area (Å²) < 4.78 is 0. The molecule has 0 aliphatic rings. The lowest BCUT2D eigenvalue weighted by atomic mass is 10.3. The van der Waals surface area contributed by atoms with Crippen LogP contribution in [-0.2, 0) is 0 Å². The maximum atomic E-state index is 9.80. The van der Waals surface area contributed by atoms with Crippen molar-refractivity contribution in [2.24, 2.45) is 4.99 Å². The molecule has 2 N–H and O–H groups in total. The first-order valence-electron chi connectivity index (χ1n) is 6.57. The van der Waals surface area contributed by atoms with E-state index in [1.54, 1.807) is 18.4 Å². The van der Waals surface area contributed by atoms with Gasteiger partial charge in [0.2, 0.25) is 0 Å². The molecule has 0 saturated carbocycles. The van der Waals surface area contributed by atoms with E-state index in [0.29, 0.717) is 6.54 Å². The van der Waals surface area contributed by atoms with Gasteiger partial charge in [0.05, 0.1) is 11.8 Å². The third-order valence-corrected chi connectivity index (χ3v) is 2.69. The molecule has 2 rings (SSSR count). The van der Waals surface area contributed by atoms with Gasteiger partial charge >= 0.3 is 0 Å². The largest absolute Gasteiger partial charge is 0.387 e. The van der Waals surface area contributed by atoms with Crippen molar-refractivity contribution in [2.75, 3.05) is 11.9 Å². The van der Waals surface area contributed by atoms with Gasteiger partial charge in [0.1, 0.15) is 0 Å². The highest BCUT2D eigenvalue weighted by molar-refractivity contribution is 5.74. The van der Waals surface area contributed by atoms with Crippen molar-refractivity contribution in [3.63, 3.8) is 0 Å². The molecular formula is C17H18N2O. The quantitative estimate of drug-likeness (QED) is 0.787. The summed E-state index contributed by atoms with van der Waals surface area (Å²) in [6.45, 7) is 0.472. The molecule has 0 bridgehead atoms. The number of benzene rings is 2. The normalized spacial score (nSPS) is 12.8. The molecule has 20 heavy (non-hydrogen) atoms. The Labute approximate surface area is 119 Å². The Bertz CT molecular complexity index is 550. The molecule has 102 valence electrons. The first kappa shape index (κ1) is 14.0. The van der Waals surface area contributed by atoms with Crippen LogP contribution in [0.25, 0.3) is 0 Å². The predicted octanol–water partition coefficient (Wildman–Crippen LogP) is 3.42. The fraction of sp³-hybridized carbons (Fsp3) is 0.118. The van der Waals surface area contributed by atoms with Gasteiger partial charge in [0, 0.05) is 18.4 Å². The average molecular weight is 266 g/mol. The van der Waals surface area contributed by atoms with Crippen molar-refractivity contribution in [2.45, 2.75) is 6.10 Å². The fourth-order valence-electron chi connectivity index (χ4n) is 1.67. The number of anilines is 1. The number of para-hydroxylation sites is 2. The standard InChI is InChI=1S/C17H18N2O/c20-17(14-19-16-10-5-2-6-11-16)12-7-13-18-15-8-3-1-4-9-15/h1-13,17,19-20H,14H2. The third kappa shape index (κ3) is 5.08. The van der Waals surface area contributed by atoms with Gasteiger partial charge in [-0.25, -0.2) is 0 Å². The minimum absolute atomic E-state index is 0.472. The lowest BCUT2D eigenvalue weighted by molar-refractivity contribution is 0.236. The van der Waals surface area contributed by atoms with Gasteiger partial charge < -0.3 is 10.4 Å². The molecule has 3 nitrogen and oxygen atoms in total. The van der Waals surface area contributed by atoms with Crippen LogP contribution in [-0.4, -0.2) is 24.0 Å². The molecule has 0 amide bonds. The van der Waals surface area contributed by atoms with Gasteiger partial charge in [-0.1, -0.05) is 42.5 Å². The Kier molecular flexibility index (Phi) is 5.55. The van der Waals surface area contributed by atoms with Gasteiger partial charge in [-0.15, -0.1) is 0 Å². The van der Waals surface area contributed by atoms with E-state index in [1.807, 2.05) is 60.7 Å². The van der Waals surface area contributed by atoms with Crippen molar-refractivity contribution >= 4 is 17.6 Å². The minimum Gasteiger partial charge on any atom is -0.387 e. The second kappa shape index (κ2) is 7.92. The summed E-state index contributed by atoms with van der Waals surface area (Å²) in [5.41, 5.74) is 1.90. The van der Waals surface area contributed by atoms with Crippen LogP contribution in [0.5, 0.6) is 0 Å². The molecule has 0 saturated heterocycles. The molecule has 0 fully saturated rings. The van der Waals surface area contributed by atoms with E-state index in [0.717, 1.165) is 11.4 Å². The van der Waals surface area contributed by atoms with E-state index in [-0.39, 0.29) is 0 Å². The highest BCUT2D eigenvalue weighted by atomic mass is 16.3. The van der Waals surface area contributed by atoms with Gasteiger partial charge in [-0.05, 0) is 30.3 Å². The molecule has 0 aliphatic heterocycles. The second-order valence-corrected chi connectivity index (χ2v) is 4.31. The van der Waals surface area contributed by atoms with Crippen LogP contribution < -0.4 is 5.32 Å². The zero-order valence-corrected chi connectivity index (χ0v) is 11.2. The smallest absolute Gasteiger partial charge is 0.0896 e. The number of hydrogen-bond acceptors (Lipinski definition) is 3. The number of aliphatic hydroxyl groups is 1. The van der Waals surface area contributed by atoms with Crippen molar-refractivity contribution in [3.05, 3.63) is 72.8 Å². The molecule has 0 radical (unpaired) electrons. The first-order valence-corrected chi connectivity index (χ1v) is 6.57. The van der Waals surface area contributed by atoms with Crippen LogP contribution in [0.1, 0.15) is 0 Å². The van der Waals surface area contributed by atoms with Crippen LogP contribution in [0, 0.1) is 0 Å². The summed E-state index contributed by atoms with van der Waals surface area (Å²) in [4.78, 5) is 4.25. The van der Waals surface area contributed by atoms with Gasteiger partial charge in [0.25, 0.3) is 0 Å². The molecule has 0 aromatic heterocycles. The van der Waals surface area contributed by atoms with Crippen LogP contribution >= 0.6 is 0 Å². The van der Waals surface area contributed by atoms with Gasteiger partial charge in [-0.2, -0.15) is 0 Å². The lowest BCUT2D eigenvalue weighted by Gasteiger charge is -2.08. The Morgan fingerprint density at radius 1 is 1.00 bits per heavy atom. The zero-order valence-electron chi connectivity index (χ0n) is 11.2. The molecule has 2 aromatic carbocycles. The van der Waals surface area contributed by atoms with Crippen LogP contribution in [0.3, 0.4) is 0 Å². The van der Waals surface area contributed by atoms with Crippen molar-refractivity contribution in [1.82, 2.24) is 0 Å². The van der Waals surface area contributed by atoms with E-state index in [2.05, 4.69) is 10.3 Å². The topological polar surface area (TPSA) is 44.6 Å². The number of nitrogens with zero attached hydrogens (tertiary/aromatic N) is 1. The van der Waals surface area contributed by atoms with Crippen molar-refractivity contribution in [1.29, 1.82) is 0 Å². The Hall–Kier alpha value is -2.39. The van der Waals surface area contributed by atoms with Crippen molar-refractivity contribution < 1.29 is 5.11 Å². The lowest BCUT2D eigenvalue weighted by Crippen LogP contribution is -2.16. The van der Waals surface area contributed by atoms with E-state index in [1.165, 1.54) is 0 Å². The van der Waals surface area contributed by atoms with Crippen molar-refractivity contribution in [3.8, 4) is 0 Å². The number of aliphatic hydroxyl groups excluding tert-OH is 1. The van der Waals surface area contributed by atoms with E-state index in [4.69, 9.17) is 0 Å². The highest BCUT2D eigenvalue weighted by Crippen LogP contribution is 2.08. The maximum Gasteiger partial charge on any atom is 0.0896 e. The Balaban J connectivity index is 1.75. The zero-order chi connectivity index (χ0) is 14.0. The molecule has 0 aliphatic carbocycles. The van der Waals surface area contributed by atoms with E-state index >= 15 is 0 Å². The molecule has 0 heterocycles. The highest BCUT2D eigenvalue weighted by Gasteiger charge is 1.97. The average Bonchev–Trinajstić information content (AvgIpc) is 2.52. The molecular weight excluding hydrogens is 248 g/mol.